The molecule has 2 N–H and O–H groups in total. The first-order chi connectivity index (χ1) is 12.1. The van der Waals surface area contributed by atoms with Crippen LogP contribution in [0.1, 0.15) is 35.3 Å². The molecular weight excluding hydrogens is 334 g/mol. The maximum Gasteiger partial charge on any atom is 0.191 e. The highest BCUT2D eigenvalue weighted by Gasteiger charge is 2.19. The molecule has 142 valence electrons. The van der Waals surface area contributed by atoms with Crippen molar-refractivity contribution in [2.45, 2.75) is 40.2 Å². The summed E-state index contributed by atoms with van der Waals surface area (Å²) in [4.78, 5) is 13.0. The molecule has 2 rings (SSSR count). The molecule has 0 spiro atoms. The molecule has 7 heteroatoms. The van der Waals surface area contributed by atoms with Crippen molar-refractivity contribution in [3.8, 4) is 0 Å². The maximum absolute atomic E-state index is 5.17. The second kappa shape index (κ2) is 10.7. The summed E-state index contributed by atoms with van der Waals surface area (Å²) in [5, 5.41) is 7.99. The molecule has 1 aliphatic rings. The van der Waals surface area contributed by atoms with E-state index < -0.39 is 0 Å². The summed E-state index contributed by atoms with van der Waals surface area (Å²) in [5.74, 6) is 1.63. The minimum Gasteiger partial charge on any atom is -0.383 e. The Hall–Kier alpha value is -1.18. The number of ether oxygens (including phenoxy) is 1. The SMILES string of the molecule is CCNC(=NCc1sc(C)nc1C)NCC1CCN(CCOC)CC1. The number of rotatable bonds is 8. The van der Waals surface area contributed by atoms with Crippen molar-refractivity contribution < 1.29 is 4.74 Å². The zero-order chi connectivity index (χ0) is 18.1. The number of likely N-dealkylation sites (tertiary alicyclic amines) is 1. The van der Waals surface area contributed by atoms with Crippen molar-refractivity contribution in [2.24, 2.45) is 10.9 Å². The average molecular weight is 368 g/mol. The fraction of sp³-hybridized carbons (Fsp3) is 0.778. The molecule has 6 nitrogen and oxygen atoms in total. The second-order valence-corrected chi connectivity index (χ2v) is 7.88. The number of thiazole rings is 1. The fourth-order valence-electron chi connectivity index (χ4n) is 3.09. The molecule has 1 fully saturated rings. The number of methoxy groups -OCH3 is 1. The molecule has 0 amide bonds. The molecule has 0 saturated carbocycles. The summed E-state index contributed by atoms with van der Waals surface area (Å²) >= 11 is 1.74. The predicted molar refractivity (Wildman–Crippen MR) is 105 cm³/mol. The van der Waals surface area contributed by atoms with Crippen LogP contribution in [-0.2, 0) is 11.3 Å². The zero-order valence-corrected chi connectivity index (χ0v) is 16.9. The predicted octanol–water partition coefficient (Wildman–Crippen LogP) is 2.17. The number of nitrogens with one attached hydrogen (secondary N) is 2. The summed E-state index contributed by atoms with van der Waals surface area (Å²) < 4.78 is 5.17. The van der Waals surface area contributed by atoms with E-state index >= 15 is 0 Å². The molecule has 0 bridgehead atoms. The van der Waals surface area contributed by atoms with Gasteiger partial charge in [0.2, 0.25) is 0 Å². The fourth-order valence-corrected chi connectivity index (χ4v) is 3.95. The van der Waals surface area contributed by atoms with Gasteiger partial charge >= 0.3 is 0 Å². The molecule has 0 radical (unpaired) electrons. The summed E-state index contributed by atoms with van der Waals surface area (Å²) in [6.07, 6.45) is 2.48. The van der Waals surface area contributed by atoms with Gasteiger partial charge in [-0.1, -0.05) is 0 Å². The number of guanidine groups is 1. The molecule has 0 unspecified atom stereocenters. The van der Waals surface area contributed by atoms with Gasteiger partial charge in [0, 0.05) is 31.6 Å². The average Bonchev–Trinajstić information content (AvgIpc) is 2.94. The maximum atomic E-state index is 5.17. The van der Waals surface area contributed by atoms with Crippen molar-refractivity contribution in [3.63, 3.8) is 0 Å². The third-order valence-corrected chi connectivity index (χ3v) is 5.66. The van der Waals surface area contributed by atoms with Crippen LogP contribution in [0.4, 0.5) is 0 Å². The zero-order valence-electron chi connectivity index (χ0n) is 16.1. The lowest BCUT2D eigenvalue weighted by atomic mass is 9.97. The Labute approximate surface area is 156 Å². The smallest absolute Gasteiger partial charge is 0.191 e. The first kappa shape index (κ1) is 20.1. The number of hydrogen-bond acceptors (Lipinski definition) is 5. The van der Waals surface area contributed by atoms with Gasteiger partial charge in [-0.15, -0.1) is 11.3 Å². The second-order valence-electron chi connectivity index (χ2n) is 6.60. The Balaban J connectivity index is 1.77. The minimum atomic E-state index is 0.697. The van der Waals surface area contributed by atoms with E-state index in [0.29, 0.717) is 6.54 Å². The van der Waals surface area contributed by atoms with Gasteiger partial charge in [0.05, 0.1) is 23.9 Å². The Morgan fingerprint density at radius 3 is 2.68 bits per heavy atom. The number of nitrogens with zero attached hydrogens (tertiary/aromatic N) is 3. The first-order valence-electron chi connectivity index (χ1n) is 9.28. The van der Waals surface area contributed by atoms with Gasteiger partial charge in [0.15, 0.2) is 5.96 Å². The van der Waals surface area contributed by atoms with Crippen molar-refractivity contribution in [1.82, 2.24) is 20.5 Å². The summed E-state index contributed by atoms with van der Waals surface area (Å²) in [7, 11) is 1.77. The number of aryl methyl sites for hydroxylation is 2. The van der Waals surface area contributed by atoms with Gasteiger partial charge < -0.3 is 20.3 Å². The Morgan fingerprint density at radius 1 is 1.32 bits per heavy atom. The highest BCUT2D eigenvalue weighted by molar-refractivity contribution is 7.11. The van der Waals surface area contributed by atoms with E-state index in [4.69, 9.17) is 9.73 Å². The molecule has 0 aromatic carbocycles. The molecule has 1 aromatic rings. The van der Waals surface area contributed by atoms with Crippen molar-refractivity contribution >= 4 is 17.3 Å². The molecule has 1 saturated heterocycles. The summed E-state index contributed by atoms with van der Waals surface area (Å²) in [6, 6.07) is 0. The number of piperidine rings is 1. The molecule has 0 aliphatic carbocycles. The third-order valence-electron chi connectivity index (χ3n) is 4.60. The van der Waals surface area contributed by atoms with E-state index in [0.717, 1.165) is 48.8 Å². The van der Waals surface area contributed by atoms with Crippen molar-refractivity contribution in [2.75, 3.05) is 46.4 Å². The molecular formula is C18H33N5OS. The monoisotopic (exact) mass is 367 g/mol. The normalized spacial score (nSPS) is 17.0. The van der Waals surface area contributed by atoms with Gasteiger partial charge in [-0.2, -0.15) is 0 Å². The highest BCUT2D eigenvalue weighted by Crippen LogP contribution is 2.18. The molecule has 1 aliphatic heterocycles. The van der Waals surface area contributed by atoms with E-state index in [1.54, 1.807) is 18.4 Å². The van der Waals surface area contributed by atoms with Crippen molar-refractivity contribution in [3.05, 3.63) is 15.6 Å². The topological polar surface area (TPSA) is 61.8 Å². The molecule has 25 heavy (non-hydrogen) atoms. The standard InChI is InChI=1S/C18H33N5OS/c1-5-19-18(21-13-17-14(2)22-15(3)25-17)20-12-16-6-8-23(9-7-16)10-11-24-4/h16H,5-13H2,1-4H3,(H2,19,20,21). The van der Waals surface area contributed by atoms with E-state index in [2.05, 4.69) is 34.4 Å². The van der Waals surface area contributed by atoms with Crippen LogP contribution in [0.25, 0.3) is 0 Å². The number of hydrogen-bond donors (Lipinski definition) is 2. The van der Waals surface area contributed by atoms with Crippen LogP contribution in [0.5, 0.6) is 0 Å². The van der Waals surface area contributed by atoms with Crippen LogP contribution < -0.4 is 10.6 Å². The summed E-state index contributed by atoms with van der Waals surface area (Å²) in [5.41, 5.74) is 1.10. The lowest BCUT2D eigenvalue weighted by Gasteiger charge is -2.32. The van der Waals surface area contributed by atoms with Gasteiger partial charge in [0.1, 0.15) is 0 Å². The third kappa shape index (κ3) is 6.92. The van der Waals surface area contributed by atoms with E-state index in [1.165, 1.54) is 30.8 Å². The van der Waals surface area contributed by atoms with Gasteiger partial charge in [0.25, 0.3) is 0 Å². The quantitative estimate of drug-likeness (QED) is 0.545. The Morgan fingerprint density at radius 2 is 2.08 bits per heavy atom. The largest absolute Gasteiger partial charge is 0.383 e. The van der Waals surface area contributed by atoms with Crippen LogP contribution in [0.15, 0.2) is 4.99 Å². The lowest BCUT2D eigenvalue weighted by Crippen LogP contribution is -2.43. The Kier molecular flexibility index (Phi) is 8.64. The van der Waals surface area contributed by atoms with Crippen molar-refractivity contribution in [1.29, 1.82) is 0 Å². The first-order valence-corrected chi connectivity index (χ1v) is 10.1. The van der Waals surface area contributed by atoms with E-state index in [9.17, 15) is 0 Å². The van der Waals surface area contributed by atoms with Crippen LogP contribution >= 0.6 is 11.3 Å². The van der Waals surface area contributed by atoms with Crippen LogP contribution in [0.3, 0.4) is 0 Å². The van der Waals surface area contributed by atoms with Gasteiger partial charge in [-0.3, -0.25) is 0 Å². The van der Waals surface area contributed by atoms with Crippen LogP contribution in [-0.4, -0.2) is 62.3 Å². The minimum absolute atomic E-state index is 0.697. The van der Waals surface area contributed by atoms with E-state index in [1.807, 2.05) is 6.92 Å². The van der Waals surface area contributed by atoms with Crippen LogP contribution in [0.2, 0.25) is 0 Å². The highest BCUT2D eigenvalue weighted by atomic mass is 32.1. The summed E-state index contributed by atoms with van der Waals surface area (Å²) in [6.45, 7) is 13.0. The number of aromatic nitrogens is 1. The van der Waals surface area contributed by atoms with Crippen LogP contribution in [0, 0.1) is 19.8 Å². The van der Waals surface area contributed by atoms with E-state index in [-0.39, 0.29) is 0 Å². The van der Waals surface area contributed by atoms with Gasteiger partial charge in [-0.05, 0) is 52.6 Å². The number of aliphatic imine (C=N–C) groups is 1. The molecule has 0 atom stereocenters. The molecule has 2 heterocycles. The van der Waals surface area contributed by atoms with Gasteiger partial charge in [-0.25, -0.2) is 9.98 Å². The molecule has 1 aromatic heterocycles. The Bertz CT molecular complexity index is 538. The lowest BCUT2D eigenvalue weighted by molar-refractivity contribution is 0.121.